The number of aliphatic hydroxyl groups is 1. The first-order chi connectivity index (χ1) is 10.9. The van der Waals surface area contributed by atoms with Crippen LogP contribution in [0.3, 0.4) is 0 Å². The summed E-state index contributed by atoms with van der Waals surface area (Å²) in [6, 6.07) is 9.62. The smallest absolute Gasteiger partial charge is 0.255 e. The number of nitrogens with one attached hydrogen (secondary N) is 1. The van der Waals surface area contributed by atoms with Crippen LogP contribution in [0.4, 0.5) is 0 Å². The molecule has 2 unspecified atom stereocenters. The highest BCUT2D eigenvalue weighted by molar-refractivity contribution is 5.95. The van der Waals surface area contributed by atoms with Crippen molar-refractivity contribution in [3.05, 3.63) is 53.3 Å². The van der Waals surface area contributed by atoms with Crippen molar-refractivity contribution >= 4 is 5.91 Å². The predicted octanol–water partition coefficient (Wildman–Crippen LogP) is 2.49. The number of carbonyl (C=O) groups is 1. The van der Waals surface area contributed by atoms with Gasteiger partial charge in [0.2, 0.25) is 0 Å². The lowest BCUT2D eigenvalue weighted by molar-refractivity contribution is 0.0851. The molecule has 0 radical (unpaired) electrons. The first-order valence-corrected chi connectivity index (χ1v) is 7.97. The van der Waals surface area contributed by atoms with E-state index >= 15 is 0 Å². The molecule has 2 rings (SSSR count). The van der Waals surface area contributed by atoms with Gasteiger partial charge in [0, 0.05) is 18.2 Å². The first kappa shape index (κ1) is 17.2. The van der Waals surface area contributed by atoms with Crippen LogP contribution in [0.2, 0.25) is 0 Å². The van der Waals surface area contributed by atoms with Crippen LogP contribution < -0.4 is 5.32 Å². The van der Waals surface area contributed by atoms with E-state index in [2.05, 4.69) is 10.4 Å². The molecule has 2 aromatic rings. The van der Waals surface area contributed by atoms with Gasteiger partial charge in [-0.25, -0.2) is 0 Å². The Morgan fingerprint density at radius 1 is 1.26 bits per heavy atom. The monoisotopic (exact) mass is 315 g/mol. The molecule has 0 saturated carbocycles. The Kier molecular flexibility index (Phi) is 5.55. The summed E-state index contributed by atoms with van der Waals surface area (Å²) in [5.74, 6) is -0.200. The lowest BCUT2D eigenvalue weighted by Gasteiger charge is -2.20. The second-order valence-electron chi connectivity index (χ2n) is 6.20. The lowest BCUT2D eigenvalue weighted by Crippen LogP contribution is -2.42. The Balaban J connectivity index is 1.99. The average molecular weight is 315 g/mol. The van der Waals surface area contributed by atoms with Crippen molar-refractivity contribution in [2.24, 2.45) is 0 Å². The standard InChI is InChI=1S/C18H25N3O2/c1-12(2)21-14(4)16(11-19-21)18(23)20-13(3)17(22)10-15-8-6-5-7-9-15/h5-9,11-13,17,22H,10H2,1-4H3,(H,20,23). The molecule has 0 bridgehead atoms. The molecule has 124 valence electrons. The minimum Gasteiger partial charge on any atom is -0.391 e. The lowest BCUT2D eigenvalue weighted by atomic mass is 10.0. The van der Waals surface area contributed by atoms with Crippen molar-refractivity contribution in [2.45, 2.75) is 52.3 Å². The molecule has 0 aliphatic heterocycles. The summed E-state index contributed by atoms with van der Waals surface area (Å²) in [7, 11) is 0. The zero-order valence-corrected chi connectivity index (χ0v) is 14.2. The van der Waals surface area contributed by atoms with Crippen LogP contribution in [0.5, 0.6) is 0 Å². The quantitative estimate of drug-likeness (QED) is 0.860. The number of rotatable bonds is 6. The molecule has 0 aliphatic carbocycles. The normalized spacial score (nSPS) is 13.8. The summed E-state index contributed by atoms with van der Waals surface area (Å²) in [4.78, 5) is 12.4. The minimum absolute atomic E-state index is 0.200. The second-order valence-corrected chi connectivity index (χ2v) is 6.20. The fraction of sp³-hybridized carbons (Fsp3) is 0.444. The van der Waals surface area contributed by atoms with Gasteiger partial charge in [-0.15, -0.1) is 0 Å². The van der Waals surface area contributed by atoms with Gasteiger partial charge in [-0.1, -0.05) is 30.3 Å². The van der Waals surface area contributed by atoms with Gasteiger partial charge in [0.25, 0.3) is 5.91 Å². The van der Waals surface area contributed by atoms with Gasteiger partial charge in [-0.2, -0.15) is 5.10 Å². The van der Waals surface area contributed by atoms with E-state index in [1.807, 2.05) is 62.7 Å². The molecule has 0 fully saturated rings. The maximum Gasteiger partial charge on any atom is 0.255 e. The minimum atomic E-state index is -0.637. The fourth-order valence-electron chi connectivity index (χ4n) is 2.58. The molecule has 1 amide bonds. The van der Waals surface area contributed by atoms with Crippen molar-refractivity contribution in [1.82, 2.24) is 15.1 Å². The molecule has 1 heterocycles. The Hall–Kier alpha value is -2.14. The maximum absolute atomic E-state index is 12.4. The number of carbonyl (C=O) groups excluding carboxylic acids is 1. The van der Waals surface area contributed by atoms with E-state index < -0.39 is 6.10 Å². The number of aliphatic hydroxyl groups excluding tert-OH is 1. The van der Waals surface area contributed by atoms with E-state index in [1.54, 1.807) is 6.20 Å². The van der Waals surface area contributed by atoms with Crippen LogP contribution in [0.1, 0.15) is 48.4 Å². The van der Waals surface area contributed by atoms with Crippen molar-refractivity contribution in [2.75, 3.05) is 0 Å². The third-order valence-corrected chi connectivity index (χ3v) is 4.00. The molecule has 0 spiro atoms. The van der Waals surface area contributed by atoms with E-state index in [0.29, 0.717) is 12.0 Å². The molecule has 5 heteroatoms. The Labute approximate surface area is 137 Å². The molecule has 23 heavy (non-hydrogen) atoms. The summed E-state index contributed by atoms with van der Waals surface area (Å²) in [5.41, 5.74) is 2.43. The van der Waals surface area contributed by atoms with E-state index in [1.165, 1.54) is 0 Å². The Morgan fingerprint density at radius 2 is 1.91 bits per heavy atom. The van der Waals surface area contributed by atoms with Gasteiger partial charge in [0.1, 0.15) is 0 Å². The SMILES string of the molecule is Cc1c(C(=O)NC(C)C(O)Cc2ccccc2)cnn1C(C)C. The summed E-state index contributed by atoms with van der Waals surface area (Å²) in [5, 5.41) is 17.4. The van der Waals surface area contributed by atoms with Crippen LogP contribution in [0.25, 0.3) is 0 Å². The zero-order chi connectivity index (χ0) is 17.0. The number of nitrogens with zero attached hydrogens (tertiary/aromatic N) is 2. The van der Waals surface area contributed by atoms with Gasteiger partial charge in [-0.3, -0.25) is 9.48 Å². The van der Waals surface area contributed by atoms with E-state index in [9.17, 15) is 9.90 Å². The van der Waals surface area contributed by atoms with E-state index in [-0.39, 0.29) is 18.0 Å². The predicted molar refractivity (Wildman–Crippen MR) is 90.4 cm³/mol. The average Bonchev–Trinajstić information content (AvgIpc) is 2.90. The topological polar surface area (TPSA) is 67.2 Å². The number of amides is 1. The van der Waals surface area contributed by atoms with E-state index in [4.69, 9.17) is 0 Å². The molecule has 5 nitrogen and oxygen atoms in total. The number of benzene rings is 1. The van der Waals surface area contributed by atoms with Crippen LogP contribution in [-0.4, -0.2) is 32.9 Å². The van der Waals surface area contributed by atoms with Gasteiger partial charge < -0.3 is 10.4 Å². The largest absolute Gasteiger partial charge is 0.391 e. The van der Waals surface area contributed by atoms with Crippen molar-refractivity contribution in [1.29, 1.82) is 0 Å². The highest BCUT2D eigenvalue weighted by atomic mass is 16.3. The highest BCUT2D eigenvalue weighted by Crippen LogP contribution is 2.13. The van der Waals surface area contributed by atoms with Gasteiger partial charge >= 0.3 is 0 Å². The summed E-state index contributed by atoms with van der Waals surface area (Å²) >= 11 is 0. The van der Waals surface area contributed by atoms with Crippen molar-refractivity contribution < 1.29 is 9.90 Å². The molecule has 2 atom stereocenters. The zero-order valence-electron chi connectivity index (χ0n) is 14.2. The number of hydrogen-bond acceptors (Lipinski definition) is 3. The third kappa shape index (κ3) is 4.20. The van der Waals surface area contributed by atoms with Crippen LogP contribution in [-0.2, 0) is 6.42 Å². The van der Waals surface area contributed by atoms with Crippen molar-refractivity contribution in [3.8, 4) is 0 Å². The third-order valence-electron chi connectivity index (χ3n) is 4.00. The summed E-state index contributed by atoms with van der Waals surface area (Å²) in [6.07, 6.45) is 1.45. The van der Waals surface area contributed by atoms with Gasteiger partial charge in [0.05, 0.1) is 23.9 Å². The van der Waals surface area contributed by atoms with Crippen LogP contribution >= 0.6 is 0 Å². The molecule has 1 aromatic heterocycles. The molecular weight excluding hydrogens is 290 g/mol. The molecule has 1 aromatic carbocycles. The van der Waals surface area contributed by atoms with Crippen LogP contribution in [0.15, 0.2) is 36.5 Å². The maximum atomic E-state index is 12.4. The highest BCUT2D eigenvalue weighted by Gasteiger charge is 2.21. The molecule has 0 aliphatic rings. The van der Waals surface area contributed by atoms with E-state index in [0.717, 1.165) is 11.3 Å². The molecular formula is C18H25N3O2. The van der Waals surface area contributed by atoms with Crippen molar-refractivity contribution in [3.63, 3.8) is 0 Å². The van der Waals surface area contributed by atoms with Crippen LogP contribution in [0, 0.1) is 6.92 Å². The van der Waals surface area contributed by atoms with Gasteiger partial charge in [0.15, 0.2) is 0 Å². The Bertz CT molecular complexity index is 650. The fourth-order valence-corrected chi connectivity index (χ4v) is 2.58. The first-order valence-electron chi connectivity index (χ1n) is 7.97. The second kappa shape index (κ2) is 7.42. The molecule has 0 saturated heterocycles. The summed E-state index contributed by atoms with van der Waals surface area (Å²) < 4.78 is 1.82. The number of hydrogen-bond donors (Lipinski definition) is 2. The summed E-state index contributed by atoms with van der Waals surface area (Å²) in [6.45, 7) is 7.74. The number of aromatic nitrogens is 2. The van der Waals surface area contributed by atoms with Gasteiger partial charge in [-0.05, 0) is 33.3 Å². The molecule has 2 N–H and O–H groups in total. The Morgan fingerprint density at radius 3 is 2.48 bits per heavy atom.